The molecule has 0 saturated carbocycles. The summed E-state index contributed by atoms with van der Waals surface area (Å²) in [6, 6.07) is 11.3. The summed E-state index contributed by atoms with van der Waals surface area (Å²) in [6.07, 6.45) is 16.1. The maximum absolute atomic E-state index is 2.54. The number of hydrogen-bond acceptors (Lipinski definition) is 0. The van der Waals surface area contributed by atoms with Crippen molar-refractivity contribution in [2.75, 3.05) is 0 Å². The van der Waals surface area contributed by atoms with Crippen LogP contribution in [0.15, 0.2) is 54.6 Å². The molecule has 0 saturated heterocycles. The largest absolute Gasteiger partial charge is 4.00 e. The smallest absolute Gasteiger partial charge is 1.00 e. The molecule has 2 aromatic rings. The first-order valence-corrected chi connectivity index (χ1v) is 10.1. The standard InChI is InChI=1S/C21H27Si.3ClH.Ti/c1-3-4-8-13-21(14-9-5-10-15-21)22-20-17(2)16-18-11-6-7-12-19(18)20;;;;/h5-7,9-12,14,16H,3-4,8,13,15,22H2,1-2H3;3*1H;/q-1;;;;+4/p-3. The molecule has 140 valence electrons. The molecule has 0 spiro atoms. The van der Waals surface area contributed by atoms with Gasteiger partial charge in [0.2, 0.25) is 0 Å². The minimum absolute atomic E-state index is 0. The van der Waals surface area contributed by atoms with Gasteiger partial charge >= 0.3 is 21.7 Å². The third kappa shape index (κ3) is 6.62. The summed E-state index contributed by atoms with van der Waals surface area (Å²) < 4.78 is 0. The maximum atomic E-state index is 2.54. The Hall–Kier alpha value is 0.111. The number of hydrogen-bond donors (Lipinski definition) is 0. The summed E-state index contributed by atoms with van der Waals surface area (Å²) in [7, 11) is -0.339. The van der Waals surface area contributed by atoms with Gasteiger partial charge in [-0.05, 0) is 17.9 Å². The van der Waals surface area contributed by atoms with Crippen LogP contribution in [-0.4, -0.2) is 9.52 Å². The van der Waals surface area contributed by atoms with Crippen LogP contribution in [0.4, 0.5) is 0 Å². The normalized spacial score (nSPS) is 18.1. The van der Waals surface area contributed by atoms with E-state index in [9.17, 15) is 0 Å². The number of aryl methyl sites for hydroxylation is 1. The van der Waals surface area contributed by atoms with E-state index < -0.39 is 0 Å². The molecule has 1 unspecified atom stereocenters. The van der Waals surface area contributed by atoms with Crippen LogP contribution in [0.1, 0.15) is 44.6 Å². The Balaban J connectivity index is 0. The molecule has 0 aliphatic heterocycles. The van der Waals surface area contributed by atoms with Crippen LogP contribution < -0.4 is 42.4 Å². The molecule has 1 aliphatic carbocycles. The van der Waals surface area contributed by atoms with Crippen LogP contribution in [0.3, 0.4) is 0 Å². The van der Waals surface area contributed by atoms with Crippen molar-refractivity contribution in [2.24, 2.45) is 0 Å². The van der Waals surface area contributed by atoms with Crippen LogP contribution in [0.25, 0.3) is 10.8 Å². The number of allylic oxidation sites excluding steroid dienone is 4. The van der Waals surface area contributed by atoms with Crippen molar-refractivity contribution in [1.82, 2.24) is 0 Å². The van der Waals surface area contributed by atoms with Crippen LogP contribution in [0.2, 0.25) is 5.04 Å². The van der Waals surface area contributed by atoms with E-state index in [1.165, 1.54) is 48.4 Å². The van der Waals surface area contributed by atoms with Crippen molar-refractivity contribution in [3.05, 3.63) is 60.2 Å². The average molecular weight is 462 g/mol. The van der Waals surface area contributed by atoms with Crippen molar-refractivity contribution in [3.63, 3.8) is 0 Å². The molecule has 2 aromatic carbocycles. The van der Waals surface area contributed by atoms with Crippen molar-refractivity contribution in [3.8, 4) is 0 Å². The third-order valence-electron chi connectivity index (χ3n) is 5.16. The van der Waals surface area contributed by atoms with E-state index >= 15 is 0 Å². The zero-order valence-corrected chi connectivity index (χ0v) is 20.8. The summed E-state index contributed by atoms with van der Waals surface area (Å²) >= 11 is 0. The molecule has 3 rings (SSSR count). The first kappa shape index (κ1) is 28.3. The van der Waals surface area contributed by atoms with E-state index in [1.807, 2.05) is 0 Å². The first-order valence-electron chi connectivity index (χ1n) is 8.72. The fourth-order valence-electron chi connectivity index (χ4n) is 3.86. The minimum atomic E-state index is -0.339. The molecule has 26 heavy (non-hydrogen) atoms. The number of halogens is 3. The topological polar surface area (TPSA) is 0 Å². The van der Waals surface area contributed by atoms with Crippen LogP contribution >= 0.6 is 0 Å². The van der Waals surface area contributed by atoms with Crippen molar-refractivity contribution in [2.45, 2.75) is 51.0 Å². The van der Waals surface area contributed by atoms with Crippen molar-refractivity contribution < 1.29 is 58.9 Å². The predicted octanol–water partition coefficient (Wildman–Crippen LogP) is -4.07. The monoisotopic (exact) mass is 460 g/mol. The van der Waals surface area contributed by atoms with E-state index in [2.05, 4.69) is 68.5 Å². The summed E-state index contributed by atoms with van der Waals surface area (Å²) in [5, 5.41) is 5.12. The Kier molecular flexibility index (Phi) is 14.5. The SMILES string of the molecule is CCCCCC1([SiH2]c2c(C)[cH-]c3ccccc23)C=CC=CC1.[Cl-].[Cl-].[Cl-].[Ti+4]. The molecule has 1 atom stereocenters. The van der Waals surface area contributed by atoms with Gasteiger partial charge in [-0.3, -0.25) is 0 Å². The Labute approximate surface area is 194 Å². The number of fused-ring (bicyclic) bond motifs is 1. The second-order valence-corrected chi connectivity index (χ2v) is 9.35. The van der Waals surface area contributed by atoms with Gasteiger partial charge in [0.05, 0.1) is 0 Å². The molecule has 0 radical (unpaired) electrons. The number of benzene rings is 1. The maximum Gasteiger partial charge on any atom is 4.00 e. The Bertz CT molecular complexity index is 708. The van der Waals surface area contributed by atoms with E-state index in [4.69, 9.17) is 0 Å². The van der Waals surface area contributed by atoms with Gasteiger partial charge < -0.3 is 37.2 Å². The fraction of sp³-hybridized carbons (Fsp3) is 0.381. The van der Waals surface area contributed by atoms with Crippen molar-refractivity contribution in [1.29, 1.82) is 0 Å². The summed E-state index contributed by atoms with van der Waals surface area (Å²) in [5.41, 5.74) is 1.52. The average Bonchev–Trinajstić information content (AvgIpc) is 2.85. The summed E-state index contributed by atoms with van der Waals surface area (Å²) in [6.45, 7) is 4.61. The van der Waals surface area contributed by atoms with Gasteiger partial charge in [0, 0.05) is 9.52 Å². The van der Waals surface area contributed by atoms with E-state index in [-0.39, 0.29) is 68.5 Å². The summed E-state index contributed by atoms with van der Waals surface area (Å²) in [5.74, 6) is 0. The predicted molar refractivity (Wildman–Crippen MR) is 102 cm³/mol. The fourth-order valence-corrected chi connectivity index (χ4v) is 6.45. The van der Waals surface area contributed by atoms with E-state index in [0.717, 1.165) is 0 Å². The molecule has 0 N–H and O–H groups in total. The first-order chi connectivity index (χ1) is 10.7. The van der Waals surface area contributed by atoms with Gasteiger partial charge in [0.1, 0.15) is 0 Å². The van der Waals surface area contributed by atoms with Gasteiger partial charge in [-0.25, -0.2) is 0 Å². The molecule has 0 nitrogen and oxygen atoms in total. The Morgan fingerprint density at radius 1 is 1.08 bits per heavy atom. The second-order valence-electron chi connectivity index (χ2n) is 6.88. The molecule has 0 fully saturated rings. The number of unbranched alkanes of at least 4 members (excludes halogenated alkanes) is 2. The van der Waals surface area contributed by atoms with Gasteiger partial charge in [-0.1, -0.05) is 63.5 Å². The Morgan fingerprint density at radius 3 is 2.46 bits per heavy atom. The van der Waals surface area contributed by atoms with E-state index in [0.29, 0.717) is 5.04 Å². The van der Waals surface area contributed by atoms with Gasteiger partial charge in [-0.2, -0.15) is 5.19 Å². The van der Waals surface area contributed by atoms with Crippen molar-refractivity contribution >= 4 is 25.5 Å². The molecule has 0 bridgehead atoms. The Morgan fingerprint density at radius 2 is 1.81 bits per heavy atom. The quantitative estimate of drug-likeness (QED) is 0.233. The molecule has 1 aliphatic rings. The van der Waals surface area contributed by atoms with Gasteiger partial charge in [-0.15, -0.1) is 40.6 Å². The zero-order chi connectivity index (χ0) is 15.4. The molecule has 0 amide bonds. The van der Waals surface area contributed by atoms with Crippen LogP contribution in [0, 0.1) is 6.92 Å². The molecular formula is C21H27Cl3SiTi. The third-order valence-corrected chi connectivity index (χ3v) is 8.04. The van der Waals surface area contributed by atoms with E-state index in [1.54, 1.807) is 5.19 Å². The van der Waals surface area contributed by atoms with Gasteiger partial charge in [0.25, 0.3) is 0 Å². The zero-order valence-electron chi connectivity index (χ0n) is 15.6. The second kappa shape index (κ2) is 13.3. The van der Waals surface area contributed by atoms with Gasteiger partial charge in [0.15, 0.2) is 0 Å². The molecule has 0 aromatic heterocycles. The molecule has 0 heterocycles. The van der Waals surface area contributed by atoms with Crippen LogP contribution in [-0.2, 0) is 21.7 Å². The number of rotatable bonds is 6. The summed E-state index contributed by atoms with van der Waals surface area (Å²) in [4.78, 5) is 0. The molecular weight excluding hydrogens is 435 g/mol. The van der Waals surface area contributed by atoms with Crippen LogP contribution in [0.5, 0.6) is 0 Å². The molecule has 5 heteroatoms. The minimum Gasteiger partial charge on any atom is -1.00 e.